The third kappa shape index (κ3) is 7.32. The molecule has 0 saturated carbocycles. The molecule has 0 aromatic carbocycles. The van der Waals surface area contributed by atoms with Gasteiger partial charge in [0, 0.05) is 0 Å². The highest BCUT2D eigenvalue weighted by Crippen LogP contribution is 2.05. The van der Waals surface area contributed by atoms with Gasteiger partial charge in [-0.3, -0.25) is 9.59 Å². The number of thioether (sulfide) groups is 1. The lowest BCUT2D eigenvalue weighted by atomic mass is 10.0. The molecular formula is C12H22N2O3S. The van der Waals surface area contributed by atoms with Gasteiger partial charge in [0.2, 0.25) is 12.3 Å². The van der Waals surface area contributed by atoms with Gasteiger partial charge in [0.1, 0.15) is 12.3 Å². The lowest BCUT2D eigenvalue weighted by Crippen LogP contribution is -2.48. The summed E-state index contributed by atoms with van der Waals surface area (Å²) in [5.74, 6) is 0.799. The third-order valence-corrected chi connectivity index (χ3v) is 3.06. The van der Waals surface area contributed by atoms with Crippen LogP contribution < -0.4 is 10.6 Å². The second-order valence-corrected chi connectivity index (χ2v) is 5.48. The van der Waals surface area contributed by atoms with E-state index in [0.29, 0.717) is 25.2 Å². The maximum absolute atomic E-state index is 11.9. The van der Waals surface area contributed by atoms with Crippen LogP contribution in [0.4, 0.5) is 0 Å². The smallest absolute Gasteiger partial charge is 0.243 e. The number of aldehydes is 1. The van der Waals surface area contributed by atoms with Crippen LogP contribution in [0, 0.1) is 5.92 Å². The first-order valence-corrected chi connectivity index (χ1v) is 7.38. The summed E-state index contributed by atoms with van der Waals surface area (Å²) in [7, 11) is 0. The average Bonchev–Trinajstić information content (AvgIpc) is 2.32. The number of amides is 2. The maximum Gasteiger partial charge on any atom is 0.243 e. The summed E-state index contributed by atoms with van der Waals surface area (Å²) in [6.07, 6.45) is 4.35. The van der Waals surface area contributed by atoms with E-state index < -0.39 is 12.1 Å². The number of rotatable bonds is 10. The lowest BCUT2D eigenvalue weighted by molar-refractivity contribution is -0.127. The van der Waals surface area contributed by atoms with Crippen LogP contribution in [0.15, 0.2) is 0 Å². The Hall–Kier alpha value is -1.04. The van der Waals surface area contributed by atoms with Crippen molar-refractivity contribution < 1.29 is 14.4 Å². The normalized spacial score (nSPS) is 13.8. The Morgan fingerprint density at radius 1 is 1.33 bits per heavy atom. The molecule has 0 saturated heterocycles. The highest BCUT2D eigenvalue weighted by atomic mass is 32.2. The first-order valence-electron chi connectivity index (χ1n) is 5.99. The van der Waals surface area contributed by atoms with Crippen molar-refractivity contribution in [3.05, 3.63) is 0 Å². The van der Waals surface area contributed by atoms with Crippen LogP contribution in [-0.2, 0) is 14.4 Å². The maximum atomic E-state index is 11.9. The number of hydrogen-bond acceptors (Lipinski definition) is 4. The van der Waals surface area contributed by atoms with Crippen LogP contribution in [0.25, 0.3) is 0 Å². The Labute approximate surface area is 112 Å². The summed E-state index contributed by atoms with van der Waals surface area (Å²) in [4.78, 5) is 33.2. The summed E-state index contributed by atoms with van der Waals surface area (Å²) in [6, 6.07) is -1.05. The highest BCUT2D eigenvalue weighted by Gasteiger charge is 2.20. The Morgan fingerprint density at radius 3 is 2.44 bits per heavy atom. The monoisotopic (exact) mass is 274 g/mol. The van der Waals surface area contributed by atoms with E-state index in [9.17, 15) is 14.4 Å². The van der Waals surface area contributed by atoms with Crippen LogP contribution in [0.3, 0.4) is 0 Å². The minimum Gasteiger partial charge on any atom is -0.347 e. The second-order valence-electron chi connectivity index (χ2n) is 4.50. The molecule has 18 heavy (non-hydrogen) atoms. The fourth-order valence-corrected chi connectivity index (χ4v) is 2.02. The topological polar surface area (TPSA) is 75.3 Å². The van der Waals surface area contributed by atoms with Crippen molar-refractivity contribution >= 4 is 30.4 Å². The van der Waals surface area contributed by atoms with Crippen LogP contribution in [0.2, 0.25) is 0 Å². The molecule has 0 aliphatic rings. The molecule has 0 fully saturated rings. The molecule has 2 N–H and O–H groups in total. The lowest BCUT2D eigenvalue weighted by Gasteiger charge is -2.19. The van der Waals surface area contributed by atoms with Gasteiger partial charge < -0.3 is 15.4 Å². The molecule has 0 rings (SSSR count). The van der Waals surface area contributed by atoms with Gasteiger partial charge in [-0.05, 0) is 30.8 Å². The molecule has 0 aromatic rings. The summed E-state index contributed by atoms with van der Waals surface area (Å²) < 4.78 is 0. The van der Waals surface area contributed by atoms with Gasteiger partial charge in [-0.25, -0.2) is 0 Å². The van der Waals surface area contributed by atoms with E-state index in [1.807, 2.05) is 20.1 Å². The number of hydrogen-bond donors (Lipinski definition) is 2. The summed E-state index contributed by atoms with van der Waals surface area (Å²) in [6.45, 7) is 3.97. The van der Waals surface area contributed by atoms with Crippen molar-refractivity contribution in [2.75, 3.05) is 12.0 Å². The number of carbonyl (C=O) groups is 3. The molecule has 104 valence electrons. The average molecular weight is 274 g/mol. The van der Waals surface area contributed by atoms with Crippen LogP contribution in [-0.4, -0.2) is 42.7 Å². The second kappa shape index (κ2) is 9.94. The molecule has 0 spiro atoms. The molecule has 0 heterocycles. The fourth-order valence-electron chi connectivity index (χ4n) is 1.55. The Kier molecular flexibility index (Phi) is 9.36. The van der Waals surface area contributed by atoms with E-state index in [1.165, 1.54) is 0 Å². The quantitative estimate of drug-likeness (QED) is 0.572. The Bertz CT molecular complexity index is 272. The van der Waals surface area contributed by atoms with Gasteiger partial charge >= 0.3 is 0 Å². The molecule has 6 heteroatoms. The largest absolute Gasteiger partial charge is 0.347 e. The molecule has 0 bridgehead atoms. The molecule has 2 atom stereocenters. The van der Waals surface area contributed by atoms with E-state index in [2.05, 4.69) is 10.6 Å². The van der Waals surface area contributed by atoms with Crippen molar-refractivity contribution in [2.45, 2.75) is 38.8 Å². The highest BCUT2D eigenvalue weighted by molar-refractivity contribution is 7.98. The molecule has 0 aliphatic carbocycles. The van der Waals surface area contributed by atoms with Gasteiger partial charge in [-0.15, -0.1) is 0 Å². The molecule has 0 aromatic heterocycles. The minimum atomic E-state index is -0.565. The van der Waals surface area contributed by atoms with E-state index in [1.54, 1.807) is 11.8 Å². The molecule has 5 nitrogen and oxygen atoms in total. The Balaban J connectivity index is 4.36. The van der Waals surface area contributed by atoms with Gasteiger partial charge in [0.15, 0.2) is 0 Å². The first-order chi connectivity index (χ1) is 8.54. The molecule has 2 amide bonds. The zero-order valence-electron chi connectivity index (χ0n) is 11.1. The van der Waals surface area contributed by atoms with E-state index in [4.69, 9.17) is 0 Å². The van der Waals surface area contributed by atoms with E-state index in [-0.39, 0.29) is 5.91 Å². The summed E-state index contributed by atoms with van der Waals surface area (Å²) in [5.41, 5.74) is 0. The minimum absolute atomic E-state index is 0.297. The molecular weight excluding hydrogens is 252 g/mol. The van der Waals surface area contributed by atoms with E-state index in [0.717, 1.165) is 12.0 Å². The van der Waals surface area contributed by atoms with E-state index >= 15 is 0 Å². The van der Waals surface area contributed by atoms with Crippen LogP contribution in [0.5, 0.6) is 0 Å². The summed E-state index contributed by atoms with van der Waals surface area (Å²) >= 11 is 1.60. The molecule has 2 unspecified atom stereocenters. The van der Waals surface area contributed by atoms with Gasteiger partial charge in [-0.1, -0.05) is 13.8 Å². The SMILES string of the molecule is CSCCC(NC=O)C(=O)NC(C=O)CC(C)C. The van der Waals surface area contributed by atoms with Crippen molar-refractivity contribution in [1.29, 1.82) is 0 Å². The van der Waals surface area contributed by atoms with Crippen molar-refractivity contribution in [1.82, 2.24) is 10.6 Å². The number of nitrogens with one attached hydrogen (secondary N) is 2. The van der Waals surface area contributed by atoms with Crippen LogP contribution >= 0.6 is 11.8 Å². The standard InChI is InChI=1S/C12H22N2O3S/c1-9(2)6-10(7-15)14-12(17)11(13-8-16)4-5-18-3/h7-11H,4-6H2,1-3H3,(H,13,16)(H,14,17). The van der Waals surface area contributed by atoms with Crippen LogP contribution in [0.1, 0.15) is 26.7 Å². The zero-order chi connectivity index (χ0) is 14.0. The number of carbonyl (C=O) groups excluding carboxylic acids is 3. The fraction of sp³-hybridized carbons (Fsp3) is 0.750. The van der Waals surface area contributed by atoms with Crippen molar-refractivity contribution in [3.63, 3.8) is 0 Å². The molecule has 0 radical (unpaired) electrons. The Morgan fingerprint density at radius 2 is 2.00 bits per heavy atom. The van der Waals surface area contributed by atoms with Gasteiger partial charge in [-0.2, -0.15) is 11.8 Å². The molecule has 0 aliphatic heterocycles. The zero-order valence-corrected chi connectivity index (χ0v) is 12.0. The summed E-state index contributed by atoms with van der Waals surface area (Å²) in [5, 5.41) is 5.13. The third-order valence-electron chi connectivity index (χ3n) is 2.41. The van der Waals surface area contributed by atoms with Gasteiger partial charge in [0.05, 0.1) is 6.04 Å². The first kappa shape index (κ1) is 17.0. The van der Waals surface area contributed by atoms with Crippen molar-refractivity contribution in [3.8, 4) is 0 Å². The predicted molar refractivity (Wildman–Crippen MR) is 73.4 cm³/mol. The van der Waals surface area contributed by atoms with Crippen molar-refractivity contribution in [2.24, 2.45) is 5.92 Å². The van der Waals surface area contributed by atoms with Gasteiger partial charge in [0.25, 0.3) is 0 Å². The predicted octanol–water partition coefficient (Wildman–Crippen LogP) is 0.584.